The summed E-state index contributed by atoms with van der Waals surface area (Å²) >= 11 is 7.06. The van der Waals surface area contributed by atoms with Gasteiger partial charge >= 0.3 is 0 Å². The first-order valence-corrected chi connectivity index (χ1v) is 8.94. The van der Waals surface area contributed by atoms with Crippen molar-refractivity contribution in [1.29, 1.82) is 0 Å². The lowest BCUT2D eigenvalue weighted by atomic mass is 10.0. The molecule has 2 N–H and O–H groups in total. The molecule has 0 bridgehead atoms. The van der Waals surface area contributed by atoms with Crippen molar-refractivity contribution in [3.05, 3.63) is 32.7 Å². The number of rotatable bonds is 9. The van der Waals surface area contributed by atoms with Crippen LogP contribution in [0.2, 0.25) is 0 Å². The lowest BCUT2D eigenvalue weighted by Gasteiger charge is -2.14. The van der Waals surface area contributed by atoms with Gasteiger partial charge in [0.25, 0.3) is 0 Å². The van der Waals surface area contributed by atoms with Crippen LogP contribution in [0.25, 0.3) is 0 Å². The summed E-state index contributed by atoms with van der Waals surface area (Å²) < 4.78 is 2.20. The molecule has 1 aromatic rings. The zero-order chi connectivity index (χ0) is 14.1. The highest BCUT2D eigenvalue weighted by molar-refractivity contribution is 9.11. The molecule has 0 heterocycles. The smallest absolute Gasteiger partial charge is 0.0306 e. The van der Waals surface area contributed by atoms with Gasteiger partial charge in [-0.05, 0) is 24.1 Å². The number of hydrogen-bond donors (Lipinski definition) is 1. The molecule has 1 nitrogen and oxygen atoms in total. The van der Waals surface area contributed by atoms with E-state index < -0.39 is 0 Å². The van der Waals surface area contributed by atoms with E-state index in [1.54, 1.807) is 0 Å². The number of halogens is 2. The molecule has 0 aromatic heterocycles. The van der Waals surface area contributed by atoms with Crippen LogP contribution in [0.3, 0.4) is 0 Å². The maximum absolute atomic E-state index is 6.26. The van der Waals surface area contributed by atoms with Crippen LogP contribution in [0.15, 0.2) is 27.1 Å². The summed E-state index contributed by atoms with van der Waals surface area (Å²) in [7, 11) is 0. The van der Waals surface area contributed by atoms with Gasteiger partial charge in [0.1, 0.15) is 0 Å². The highest BCUT2D eigenvalue weighted by Crippen LogP contribution is 2.28. The molecule has 0 aliphatic heterocycles. The molecule has 0 aliphatic carbocycles. The fourth-order valence-corrected chi connectivity index (χ4v) is 3.62. The molecular weight excluding hydrogens is 366 g/mol. The van der Waals surface area contributed by atoms with Crippen molar-refractivity contribution in [3.8, 4) is 0 Å². The van der Waals surface area contributed by atoms with Gasteiger partial charge in [-0.25, -0.2) is 0 Å². The fourth-order valence-electron chi connectivity index (χ4n) is 2.28. The molecule has 1 rings (SSSR count). The van der Waals surface area contributed by atoms with Gasteiger partial charge in [-0.15, -0.1) is 0 Å². The van der Waals surface area contributed by atoms with Gasteiger partial charge in [-0.3, -0.25) is 0 Å². The lowest BCUT2D eigenvalue weighted by Crippen LogP contribution is -2.10. The van der Waals surface area contributed by atoms with Crippen LogP contribution in [0.1, 0.15) is 69.9 Å². The van der Waals surface area contributed by atoms with Gasteiger partial charge < -0.3 is 5.73 Å². The molecule has 0 amide bonds. The van der Waals surface area contributed by atoms with E-state index in [2.05, 4.69) is 57.0 Å². The van der Waals surface area contributed by atoms with Crippen LogP contribution in [0, 0.1) is 0 Å². The summed E-state index contributed by atoms with van der Waals surface area (Å²) in [4.78, 5) is 0. The number of unbranched alkanes of at least 4 members (excludes halogenated alkanes) is 6. The Bertz CT molecular complexity index is 366. The van der Waals surface area contributed by atoms with Crippen LogP contribution in [0.4, 0.5) is 0 Å². The van der Waals surface area contributed by atoms with Crippen molar-refractivity contribution in [3.63, 3.8) is 0 Å². The molecule has 0 fully saturated rings. The molecule has 0 spiro atoms. The summed E-state index contributed by atoms with van der Waals surface area (Å²) in [5.41, 5.74) is 7.48. The number of hydrogen-bond acceptors (Lipinski definition) is 1. The second-order valence-electron chi connectivity index (χ2n) is 5.18. The van der Waals surface area contributed by atoms with Crippen LogP contribution in [0.5, 0.6) is 0 Å². The SMILES string of the molecule is CCCCCCCCCC(N)c1ccc(Br)cc1Br. The molecule has 0 radical (unpaired) electrons. The molecule has 1 atom stereocenters. The summed E-state index contributed by atoms with van der Waals surface area (Å²) in [6.07, 6.45) is 10.4. The zero-order valence-corrected chi connectivity index (χ0v) is 15.0. The Morgan fingerprint density at radius 1 is 1.00 bits per heavy atom. The Morgan fingerprint density at radius 2 is 1.63 bits per heavy atom. The highest BCUT2D eigenvalue weighted by Gasteiger charge is 2.09. The topological polar surface area (TPSA) is 26.0 Å². The van der Waals surface area contributed by atoms with E-state index in [-0.39, 0.29) is 6.04 Å². The summed E-state index contributed by atoms with van der Waals surface area (Å²) in [5, 5.41) is 0. The minimum atomic E-state index is 0.151. The van der Waals surface area contributed by atoms with Crippen molar-refractivity contribution >= 4 is 31.9 Å². The van der Waals surface area contributed by atoms with E-state index in [1.807, 2.05) is 0 Å². The van der Waals surface area contributed by atoms with Gasteiger partial charge in [-0.1, -0.05) is 89.8 Å². The standard InChI is InChI=1S/C16H25Br2N/c1-2-3-4-5-6-7-8-9-16(19)14-11-10-13(17)12-15(14)18/h10-12,16H,2-9,19H2,1H3. The predicted octanol–water partition coefficient (Wildman–Crippen LogP) is 6.35. The van der Waals surface area contributed by atoms with Crippen molar-refractivity contribution < 1.29 is 0 Å². The second-order valence-corrected chi connectivity index (χ2v) is 6.95. The molecular formula is C16H25Br2N. The molecule has 3 heteroatoms. The fraction of sp³-hybridized carbons (Fsp3) is 0.625. The largest absolute Gasteiger partial charge is 0.324 e. The lowest BCUT2D eigenvalue weighted by molar-refractivity contribution is 0.540. The van der Waals surface area contributed by atoms with Crippen LogP contribution >= 0.6 is 31.9 Å². The van der Waals surface area contributed by atoms with E-state index >= 15 is 0 Å². The van der Waals surface area contributed by atoms with Crippen LogP contribution < -0.4 is 5.73 Å². The normalized spacial score (nSPS) is 12.6. The van der Waals surface area contributed by atoms with Crippen LogP contribution in [-0.4, -0.2) is 0 Å². The van der Waals surface area contributed by atoms with Crippen molar-refractivity contribution in [1.82, 2.24) is 0 Å². The van der Waals surface area contributed by atoms with Crippen molar-refractivity contribution in [2.24, 2.45) is 5.73 Å². The van der Waals surface area contributed by atoms with E-state index in [0.717, 1.165) is 15.4 Å². The average molecular weight is 391 g/mol. The summed E-state index contributed by atoms with van der Waals surface area (Å²) in [5.74, 6) is 0. The highest BCUT2D eigenvalue weighted by atomic mass is 79.9. The molecule has 0 aliphatic rings. The minimum Gasteiger partial charge on any atom is -0.324 e. The maximum Gasteiger partial charge on any atom is 0.0306 e. The third-order valence-electron chi connectivity index (χ3n) is 3.48. The van der Waals surface area contributed by atoms with Gasteiger partial charge in [0.15, 0.2) is 0 Å². The Balaban J connectivity index is 2.22. The number of nitrogens with two attached hydrogens (primary N) is 1. The van der Waals surface area contributed by atoms with Gasteiger partial charge in [-0.2, -0.15) is 0 Å². The van der Waals surface area contributed by atoms with E-state index in [0.29, 0.717) is 0 Å². The molecule has 0 saturated heterocycles. The van der Waals surface area contributed by atoms with E-state index in [4.69, 9.17) is 5.73 Å². The Labute approximate surface area is 134 Å². The van der Waals surface area contributed by atoms with E-state index in [1.165, 1.54) is 50.5 Å². The quantitative estimate of drug-likeness (QED) is 0.488. The second kappa shape index (κ2) is 9.95. The third kappa shape index (κ3) is 6.92. The first-order chi connectivity index (χ1) is 9.15. The Kier molecular flexibility index (Phi) is 9.01. The molecule has 1 unspecified atom stereocenters. The molecule has 108 valence electrons. The van der Waals surface area contributed by atoms with Crippen molar-refractivity contribution in [2.45, 2.75) is 64.3 Å². The monoisotopic (exact) mass is 389 g/mol. The van der Waals surface area contributed by atoms with Gasteiger partial charge in [0.05, 0.1) is 0 Å². The Hall–Kier alpha value is 0.140. The first-order valence-electron chi connectivity index (χ1n) is 7.35. The maximum atomic E-state index is 6.26. The van der Waals surface area contributed by atoms with Crippen LogP contribution in [-0.2, 0) is 0 Å². The Morgan fingerprint density at radius 3 is 2.26 bits per heavy atom. The van der Waals surface area contributed by atoms with Gasteiger partial charge in [0, 0.05) is 15.0 Å². The van der Waals surface area contributed by atoms with Crippen molar-refractivity contribution in [2.75, 3.05) is 0 Å². The first kappa shape index (κ1) is 17.2. The molecule has 0 saturated carbocycles. The third-order valence-corrected chi connectivity index (χ3v) is 4.66. The minimum absolute atomic E-state index is 0.151. The van der Waals surface area contributed by atoms with E-state index in [9.17, 15) is 0 Å². The molecule has 1 aromatic carbocycles. The number of benzene rings is 1. The predicted molar refractivity (Wildman–Crippen MR) is 91.4 cm³/mol. The zero-order valence-electron chi connectivity index (χ0n) is 11.8. The summed E-state index contributed by atoms with van der Waals surface area (Å²) in [6, 6.07) is 6.39. The average Bonchev–Trinajstić information content (AvgIpc) is 2.37. The van der Waals surface area contributed by atoms with Gasteiger partial charge in [0.2, 0.25) is 0 Å². The summed E-state index contributed by atoms with van der Waals surface area (Å²) in [6.45, 7) is 2.26. The molecule has 19 heavy (non-hydrogen) atoms.